The first-order valence-electron chi connectivity index (χ1n) is 7.20. The van der Waals surface area contributed by atoms with Gasteiger partial charge in [0.25, 0.3) is 0 Å². The molecule has 1 aliphatic heterocycles. The lowest BCUT2D eigenvalue weighted by molar-refractivity contribution is -0.120. The van der Waals surface area contributed by atoms with Crippen LogP contribution in [0.5, 0.6) is 5.75 Å². The van der Waals surface area contributed by atoms with Crippen molar-refractivity contribution in [2.24, 2.45) is 11.1 Å². The van der Waals surface area contributed by atoms with Crippen LogP contribution < -0.4 is 10.5 Å². The maximum Gasteiger partial charge on any atom is 0.119 e. The summed E-state index contributed by atoms with van der Waals surface area (Å²) >= 11 is 0. The summed E-state index contributed by atoms with van der Waals surface area (Å²) in [5, 5.41) is 0. The zero-order valence-corrected chi connectivity index (χ0v) is 11.7. The van der Waals surface area contributed by atoms with E-state index < -0.39 is 0 Å². The predicted molar refractivity (Wildman–Crippen MR) is 75.2 cm³/mol. The van der Waals surface area contributed by atoms with Crippen molar-refractivity contribution in [2.45, 2.75) is 38.1 Å². The Hall–Kier alpha value is -1.06. The second-order valence-electron chi connectivity index (χ2n) is 6.48. The maximum absolute atomic E-state index is 6.49. The van der Waals surface area contributed by atoms with Gasteiger partial charge in [-0.1, -0.05) is 31.9 Å². The molecular weight excluding hydrogens is 238 g/mol. The van der Waals surface area contributed by atoms with Gasteiger partial charge in [0.15, 0.2) is 0 Å². The van der Waals surface area contributed by atoms with Gasteiger partial charge < -0.3 is 15.2 Å². The van der Waals surface area contributed by atoms with Crippen LogP contribution in [-0.2, 0) is 10.3 Å². The standard InChI is InChI=1S/C16H23NO2/c1-15(10-18-11-15)12-19-14-6-4-5-13(9-14)16(17)7-2-3-8-16/h4-6,9H,2-3,7-8,10-12,17H2,1H3. The second-order valence-corrected chi connectivity index (χ2v) is 6.48. The minimum Gasteiger partial charge on any atom is -0.493 e. The molecule has 0 bridgehead atoms. The average Bonchev–Trinajstić information content (AvgIpc) is 2.83. The Bertz CT molecular complexity index is 448. The minimum absolute atomic E-state index is 0.136. The quantitative estimate of drug-likeness (QED) is 0.906. The molecule has 0 spiro atoms. The highest BCUT2D eigenvalue weighted by Gasteiger charge is 2.35. The molecule has 2 N–H and O–H groups in total. The summed E-state index contributed by atoms with van der Waals surface area (Å²) in [5.41, 5.74) is 7.76. The molecule has 0 amide bonds. The molecule has 3 rings (SSSR count). The van der Waals surface area contributed by atoms with E-state index in [1.807, 2.05) is 6.07 Å². The van der Waals surface area contributed by atoms with Gasteiger partial charge in [0.1, 0.15) is 5.75 Å². The topological polar surface area (TPSA) is 44.5 Å². The summed E-state index contributed by atoms with van der Waals surface area (Å²) in [7, 11) is 0. The van der Waals surface area contributed by atoms with E-state index in [4.69, 9.17) is 15.2 Å². The van der Waals surface area contributed by atoms with Gasteiger partial charge >= 0.3 is 0 Å². The van der Waals surface area contributed by atoms with Crippen LogP contribution in [0.25, 0.3) is 0 Å². The Morgan fingerprint density at radius 1 is 1.26 bits per heavy atom. The van der Waals surface area contributed by atoms with Crippen molar-refractivity contribution in [3.63, 3.8) is 0 Å². The van der Waals surface area contributed by atoms with Crippen molar-refractivity contribution in [3.8, 4) is 5.75 Å². The van der Waals surface area contributed by atoms with Gasteiger partial charge in [-0.3, -0.25) is 0 Å². The van der Waals surface area contributed by atoms with Gasteiger partial charge in [-0.25, -0.2) is 0 Å². The molecule has 1 aromatic rings. The molecule has 104 valence electrons. The zero-order valence-electron chi connectivity index (χ0n) is 11.7. The molecule has 1 aromatic carbocycles. The third-order valence-electron chi connectivity index (χ3n) is 4.39. The van der Waals surface area contributed by atoms with Crippen LogP contribution in [0.15, 0.2) is 24.3 Å². The van der Waals surface area contributed by atoms with Crippen LogP contribution in [0.3, 0.4) is 0 Å². The fraction of sp³-hybridized carbons (Fsp3) is 0.625. The van der Waals surface area contributed by atoms with E-state index >= 15 is 0 Å². The Balaban J connectivity index is 1.69. The van der Waals surface area contributed by atoms with Gasteiger partial charge in [-0.2, -0.15) is 0 Å². The van der Waals surface area contributed by atoms with Crippen LogP contribution in [0.2, 0.25) is 0 Å². The van der Waals surface area contributed by atoms with Crippen LogP contribution in [-0.4, -0.2) is 19.8 Å². The molecule has 0 atom stereocenters. The van der Waals surface area contributed by atoms with Crippen LogP contribution in [0.1, 0.15) is 38.2 Å². The van der Waals surface area contributed by atoms with E-state index in [1.54, 1.807) is 0 Å². The first-order valence-corrected chi connectivity index (χ1v) is 7.20. The first kappa shape index (κ1) is 12.9. The summed E-state index contributed by atoms with van der Waals surface area (Å²) in [5.74, 6) is 0.933. The number of ether oxygens (including phenoxy) is 2. The number of nitrogens with two attached hydrogens (primary N) is 1. The summed E-state index contributed by atoms with van der Waals surface area (Å²) in [6, 6.07) is 8.32. The zero-order chi connectivity index (χ0) is 13.3. The Morgan fingerprint density at radius 3 is 2.63 bits per heavy atom. The lowest BCUT2D eigenvalue weighted by atomic mass is 9.89. The summed E-state index contributed by atoms with van der Waals surface area (Å²) in [6.07, 6.45) is 4.64. The van der Waals surface area contributed by atoms with E-state index in [2.05, 4.69) is 25.1 Å². The third kappa shape index (κ3) is 2.63. The highest BCUT2D eigenvalue weighted by Crippen LogP contribution is 2.37. The molecule has 19 heavy (non-hydrogen) atoms. The van der Waals surface area contributed by atoms with Gasteiger partial charge in [0, 0.05) is 11.0 Å². The molecule has 3 heteroatoms. The van der Waals surface area contributed by atoms with Gasteiger partial charge in [-0.15, -0.1) is 0 Å². The van der Waals surface area contributed by atoms with Crippen molar-refractivity contribution in [3.05, 3.63) is 29.8 Å². The molecule has 1 aliphatic carbocycles. The van der Waals surface area contributed by atoms with E-state index in [9.17, 15) is 0 Å². The van der Waals surface area contributed by atoms with Gasteiger partial charge in [-0.05, 0) is 30.5 Å². The Morgan fingerprint density at radius 2 is 2.00 bits per heavy atom. The maximum atomic E-state index is 6.49. The summed E-state index contributed by atoms with van der Waals surface area (Å²) in [6.45, 7) is 4.51. The van der Waals surface area contributed by atoms with Crippen LogP contribution in [0, 0.1) is 5.41 Å². The monoisotopic (exact) mass is 261 g/mol. The highest BCUT2D eigenvalue weighted by atomic mass is 16.5. The van der Waals surface area contributed by atoms with Crippen molar-refractivity contribution in [1.29, 1.82) is 0 Å². The van der Waals surface area contributed by atoms with Crippen LogP contribution in [0.4, 0.5) is 0 Å². The van der Waals surface area contributed by atoms with Crippen LogP contribution >= 0.6 is 0 Å². The Kier molecular flexibility index (Phi) is 3.27. The molecule has 0 radical (unpaired) electrons. The normalized spacial score (nSPS) is 23.9. The first-order chi connectivity index (χ1) is 9.10. The fourth-order valence-electron chi connectivity index (χ4n) is 2.98. The SMILES string of the molecule is CC1(COc2cccc(C3(N)CCCC3)c2)COC1. The Labute approximate surface area is 115 Å². The molecule has 1 saturated heterocycles. The fourth-order valence-corrected chi connectivity index (χ4v) is 2.98. The molecule has 0 aromatic heterocycles. The summed E-state index contributed by atoms with van der Waals surface area (Å²) in [4.78, 5) is 0. The lowest BCUT2D eigenvalue weighted by Crippen LogP contribution is -2.44. The largest absolute Gasteiger partial charge is 0.493 e. The molecule has 2 fully saturated rings. The van der Waals surface area contributed by atoms with E-state index in [-0.39, 0.29) is 11.0 Å². The van der Waals surface area contributed by atoms with Crippen molar-refractivity contribution < 1.29 is 9.47 Å². The van der Waals surface area contributed by atoms with Crippen molar-refractivity contribution in [2.75, 3.05) is 19.8 Å². The lowest BCUT2D eigenvalue weighted by Gasteiger charge is -2.37. The molecular formula is C16H23NO2. The molecule has 2 aliphatic rings. The predicted octanol–water partition coefficient (Wildman–Crippen LogP) is 2.83. The summed E-state index contributed by atoms with van der Waals surface area (Å²) < 4.78 is 11.2. The minimum atomic E-state index is -0.136. The molecule has 3 nitrogen and oxygen atoms in total. The van der Waals surface area contributed by atoms with Gasteiger partial charge in [0.2, 0.25) is 0 Å². The van der Waals surface area contributed by atoms with E-state index in [0.29, 0.717) is 6.61 Å². The van der Waals surface area contributed by atoms with E-state index in [1.165, 1.54) is 18.4 Å². The van der Waals surface area contributed by atoms with Crippen molar-refractivity contribution >= 4 is 0 Å². The van der Waals surface area contributed by atoms with E-state index in [0.717, 1.165) is 31.8 Å². The van der Waals surface area contributed by atoms with Crippen molar-refractivity contribution in [1.82, 2.24) is 0 Å². The number of benzene rings is 1. The average molecular weight is 261 g/mol. The van der Waals surface area contributed by atoms with Gasteiger partial charge in [0.05, 0.1) is 19.8 Å². The second kappa shape index (κ2) is 4.80. The number of rotatable bonds is 4. The molecule has 1 heterocycles. The third-order valence-corrected chi connectivity index (χ3v) is 4.39. The number of hydrogen-bond donors (Lipinski definition) is 1. The molecule has 0 unspecified atom stereocenters. The number of hydrogen-bond acceptors (Lipinski definition) is 3. The highest BCUT2D eigenvalue weighted by molar-refractivity contribution is 5.34. The molecule has 1 saturated carbocycles. The smallest absolute Gasteiger partial charge is 0.119 e.